The fourth-order valence-corrected chi connectivity index (χ4v) is 2.12. The number of aliphatic hydroxyl groups is 1. The summed E-state index contributed by atoms with van der Waals surface area (Å²) in [6.07, 6.45) is 0.317. The van der Waals surface area contributed by atoms with E-state index in [0.717, 1.165) is 11.3 Å². The second-order valence-corrected chi connectivity index (χ2v) is 6.79. The summed E-state index contributed by atoms with van der Waals surface area (Å²) in [6.45, 7) is 6.43. The van der Waals surface area contributed by atoms with Crippen LogP contribution in [0, 0.1) is 0 Å². The van der Waals surface area contributed by atoms with Crippen molar-refractivity contribution < 1.29 is 10.2 Å². The quantitative estimate of drug-likeness (QED) is 0.850. The molecule has 1 rings (SSSR count). The van der Waals surface area contributed by atoms with Crippen LogP contribution in [0.25, 0.3) is 0 Å². The van der Waals surface area contributed by atoms with Crippen molar-refractivity contribution in [3.63, 3.8) is 0 Å². The van der Waals surface area contributed by atoms with Crippen molar-refractivity contribution in [3.8, 4) is 5.75 Å². The third kappa shape index (κ3) is 5.42. The molecular formula is C13H20O2S. The topological polar surface area (TPSA) is 40.5 Å². The summed E-state index contributed by atoms with van der Waals surface area (Å²) < 4.78 is 0.190. The van der Waals surface area contributed by atoms with Gasteiger partial charge in [0.2, 0.25) is 0 Å². The molecule has 90 valence electrons. The van der Waals surface area contributed by atoms with Gasteiger partial charge in [-0.1, -0.05) is 32.9 Å². The van der Waals surface area contributed by atoms with E-state index in [0.29, 0.717) is 6.42 Å². The fourth-order valence-electron chi connectivity index (χ4n) is 1.31. The van der Waals surface area contributed by atoms with Crippen molar-refractivity contribution >= 4 is 11.8 Å². The molecule has 2 N–H and O–H groups in total. The van der Waals surface area contributed by atoms with Crippen LogP contribution in [0.1, 0.15) is 26.3 Å². The molecule has 0 fully saturated rings. The molecule has 0 saturated heterocycles. The number of rotatable bonds is 4. The van der Waals surface area contributed by atoms with Gasteiger partial charge in [0.1, 0.15) is 5.75 Å². The Kier molecular flexibility index (Phi) is 4.69. The molecule has 0 amide bonds. The van der Waals surface area contributed by atoms with E-state index in [1.165, 1.54) is 0 Å². The SMILES string of the molecule is CC(C)(C)SCC(O)Cc1ccc(O)cc1. The normalized spacial score (nSPS) is 13.8. The summed E-state index contributed by atoms with van der Waals surface area (Å²) in [5, 5.41) is 19.0. The number of hydrogen-bond donors (Lipinski definition) is 2. The monoisotopic (exact) mass is 240 g/mol. The molecule has 1 aromatic rings. The van der Waals surface area contributed by atoms with Crippen molar-refractivity contribution in [2.45, 2.75) is 38.0 Å². The number of phenols is 1. The first kappa shape index (κ1) is 13.4. The van der Waals surface area contributed by atoms with Gasteiger partial charge in [0.05, 0.1) is 6.10 Å². The van der Waals surface area contributed by atoms with Crippen molar-refractivity contribution in [3.05, 3.63) is 29.8 Å². The molecule has 0 radical (unpaired) electrons. The maximum atomic E-state index is 9.85. The van der Waals surface area contributed by atoms with Crippen LogP contribution < -0.4 is 0 Å². The van der Waals surface area contributed by atoms with Gasteiger partial charge in [-0.2, -0.15) is 11.8 Å². The maximum absolute atomic E-state index is 9.85. The Bertz CT molecular complexity index is 314. The first-order valence-electron chi connectivity index (χ1n) is 5.47. The number of benzene rings is 1. The average molecular weight is 240 g/mol. The van der Waals surface area contributed by atoms with Crippen LogP contribution in [0.2, 0.25) is 0 Å². The van der Waals surface area contributed by atoms with Crippen LogP contribution in [0.5, 0.6) is 5.75 Å². The van der Waals surface area contributed by atoms with Gasteiger partial charge < -0.3 is 10.2 Å². The van der Waals surface area contributed by atoms with E-state index in [-0.39, 0.29) is 16.6 Å². The Hall–Kier alpha value is -0.670. The molecule has 2 nitrogen and oxygen atoms in total. The van der Waals surface area contributed by atoms with E-state index in [9.17, 15) is 5.11 Å². The molecular weight excluding hydrogens is 220 g/mol. The summed E-state index contributed by atoms with van der Waals surface area (Å²) in [7, 11) is 0. The zero-order valence-corrected chi connectivity index (χ0v) is 10.9. The highest BCUT2D eigenvalue weighted by Gasteiger charge is 2.14. The van der Waals surface area contributed by atoms with Gasteiger partial charge in [0, 0.05) is 10.5 Å². The number of aliphatic hydroxyl groups excluding tert-OH is 1. The highest BCUT2D eigenvalue weighted by Crippen LogP contribution is 2.24. The van der Waals surface area contributed by atoms with Crippen LogP contribution in [0.4, 0.5) is 0 Å². The predicted octanol–water partition coefficient (Wildman–Crippen LogP) is 2.83. The van der Waals surface area contributed by atoms with Crippen LogP contribution >= 0.6 is 11.8 Å². The van der Waals surface area contributed by atoms with Gasteiger partial charge in [-0.3, -0.25) is 0 Å². The lowest BCUT2D eigenvalue weighted by Gasteiger charge is -2.20. The summed E-state index contributed by atoms with van der Waals surface area (Å²) in [4.78, 5) is 0. The number of aromatic hydroxyl groups is 1. The number of phenolic OH excluding ortho intramolecular Hbond substituents is 1. The highest BCUT2D eigenvalue weighted by molar-refractivity contribution is 8.00. The summed E-state index contributed by atoms with van der Waals surface area (Å²) in [6, 6.07) is 7.00. The molecule has 1 unspecified atom stereocenters. The minimum absolute atomic E-state index is 0.190. The van der Waals surface area contributed by atoms with Gasteiger partial charge in [-0.25, -0.2) is 0 Å². The maximum Gasteiger partial charge on any atom is 0.115 e. The predicted molar refractivity (Wildman–Crippen MR) is 70.0 cm³/mol. The van der Waals surface area contributed by atoms with Crippen LogP contribution in [0.15, 0.2) is 24.3 Å². The zero-order chi connectivity index (χ0) is 12.2. The molecule has 16 heavy (non-hydrogen) atoms. The Morgan fingerprint density at radius 3 is 2.25 bits per heavy atom. The van der Waals surface area contributed by atoms with Crippen molar-refractivity contribution in [1.82, 2.24) is 0 Å². The molecule has 3 heteroatoms. The molecule has 0 saturated carbocycles. The van der Waals surface area contributed by atoms with E-state index in [1.54, 1.807) is 23.9 Å². The largest absolute Gasteiger partial charge is 0.508 e. The number of hydrogen-bond acceptors (Lipinski definition) is 3. The van der Waals surface area contributed by atoms with Crippen LogP contribution in [0.3, 0.4) is 0 Å². The molecule has 0 bridgehead atoms. The van der Waals surface area contributed by atoms with Gasteiger partial charge in [-0.05, 0) is 24.1 Å². The Balaban J connectivity index is 2.39. The van der Waals surface area contributed by atoms with Crippen molar-refractivity contribution in [2.24, 2.45) is 0 Å². The van der Waals surface area contributed by atoms with E-state index >= 15 is 0 Å². The molecule has 0 heterocycles. The van der Waals surface area contributed by atoms with Crippen LogP contribution in [-0.2, 0) is 6.42 Å². The first-order valence-corrected chi connectivity index (χ1v) is 6.45. The number of thioether (sulfide) groups is 1. The van der Waals surface area contributed by atoms with Gasteiger partial charge in [-0.15, -0.1) is 0 Å². The highest BCUT2D eigenvalue weighted by atomic mass is 32.2. The molecule has 0 spiro atoms. The molecule has 0 aliphatic carbocycles. The summed E-state index contributed by atoms with van der Waals surface area (Å²) in [5.41, 5.74) is 1.06. The molecule has 1 aromatic carbocycles. The minimum Gasteiger partial charge on any atom is -0.508 e. The second-order valence-electron chi connectivity index (χ2n) is 4.95. The smallest absolute Gasteiger partial charge is 0.115 e. The third-order valence-electron chi connectivity index (χ3n) is 2.12. The van der Waals surface area contributed by atoms with Crippen LogP contribution in [-0.4, -0.2) is 26.8 Å². The third-order valence-corrected chi connectivity index (χ3v) is 3.53. The van der Waals surface area contributed by atoms with E-state index in [2.05, 4.69) is 20.8 Å². The Labute approximate surface area is 102 Å². The average Bonchev–Trinajstić information content (AvgIpc) is 2.18. The Morgan fingerprint density at radius 2 is 1.75 bits per heavy atom. The van der Waals surface area contributed by atoms with E-state index in [1.807, 2.05) is 12.1 Å². The molecule has 0 aromatic heterocycles. The molecule has 0 aliphatic heterocycles. The zero-order valence-electron chi connectivity index (χ0n) is 10.1. The molecule has 1 atom stereocenters. The fraction of sp³-hybridized carbons (Fsp3) is 0.538. The molecule has 0 aliphatic rings. The van der Waals surface area contributed by atoms with Crippen molar-refractivity contribution in [2.75, 3.05) is 5.75 Å². The first-order chi connectivity index (χ1) is 7.37. The van der Waals surface area contributed by atoms with Gasteiger partial charge in [0.15, 0.2) is 0 Å². The van der Waals surface area contributed by atoms with E-state index < -0.39 is 0 Å². The lowest BCUT2D eigenvalue weighted by atomic mass is 10.1. The standard InChI is InChI=1S/C13H20O2S/c1-13(2,3)16-9-12(15)8-10-4-6-11(14)7-5-10/h4-7,12,14-15H,8-9H2,1-3H3. The Morgan fingerprint density at radius 1 is 1.19 bits per heavy atom. The lowest BCUT2D eigenvalue weighted by Crippen LogP contribution is -2.18. The van der Waals surface area contributed by atoms with E-state index in [4.69, 9.17) is 5.11 Å². The second kappa shape index (κ2) is 5.60. The van der Waals surface area contributed by atoms with Gasteiger partial charge >= 0.3 is 0 Å². The summed E-state index contributed by atoms with van der Waals surface area (Å²) >= 11 is 1.76. The lowest BCUT2D eigenvalue weighted by molar-refractivity contribution is 0.200. The minimum atomic E-state index is -0.325. The van der Waals surface area contributed by atoms with Crippen molar-refractivity contribution in [1.29, 1.82) is 0 Å². The summed E-state index contributed by atoms with van der Waals surface area (Å²) in [5.74, 6) is 1.01. The van der Waals surface area contributed by atoms with Gasteiger partial charge in [0.25, 0.3) is 0 Å².